The number of carbonyl (C=O) groups excluding carboxylic acids is 1. The van der Waals surface area contributed by atoms with Gasteiger partial charge < -0.3 is 0 Å². The third-order valence-electron chi connectivity index (χ3n) is 4.91. The fourth-order valence-corrected chi connectivity index (χ4v) is 3.39. The highest BCUT2D eigenvalue weighted by Crippen LogP contribution is 2.21. The number of ketones is 1. The summed E-state index contributed by atoms with van der Waals surface area (Å²) in [7, 11) is 0. The van der Waals surface area contributed by atoms with Gasteiger partial charge in [-0.15, -0.1) is 0 Å². The van der Waals surface area contributed by atoms with Crippen LogP contribution in [0.2, 0.25) is 0 Å². The Kier molecular flexibility index (Phi) is 4.53. The van der Waals surface area contributed by atoms with Crippen LogP contribution in [0.1, 0.15) is 27.2 Å². The van der Waals surface area contributed by atoms with Crippen molar-refractivity contribution in [2.45, 2.75) is 13.8 Å². The van der Waals surface area contributed by atoms with Crippen molar-refractivity contribution in [3.63, 3.8) is 0 Å². The Morgan fingerprint density at radius 1 is 0.786 bits per heavy atom. The van der Waals surface area contributed by atoms with Crippen LogP contribution in [-0.2, 0) is 0 Å². The van der Waals surface area contributed by atoms with Crippen LogP contribution in [-0.4, -0.2) is 15.6 Å². The minimum Gasteiger partial charge on any atom is -0.295 e. The molecule has 28 heavy (non-hydrogen) atoms. The first-order valence-corrected chi connectivity index (χ1v) is 9.14. The molecule has 3 aromatic carbocycles. The van der Waals surface area contributed by atoms with E-state index in [1.165, 1.54) is 4.68 Å². The predicted molar refractivity (Wildman–Crippen MR) is 111 cm³/mol. The van der Waals surface area contributed by atoms with Gasteiger partial charge in [-0.3, -0.25) is 14.7 Å². The lowest BCUT2D eigenvalue weighted by Gasteiger charge is -2.05. The van der Waals surface area contributed by atoms with E-state index in [1.54, 1.807) is 19.1 Å². The average molecular weight is 368 g/mol. The van der Waals surface area contributed by atoms with Crippen molar-refractivity contribution in [1.29, 1.82) is 0 Å². The van der Waals surface area contributed by atoms with Gasteiger partial charge >= 0.3 is 0 Å². The van der Waals surface area contributed by atoms with E-state index in [4.69, 9.17) is 0 Å². The highest BCUT2D eigenvalue weighted by molar-refractivity contribution is 6.09. The number of hydrogen-bond acceptors (Lipinski definition) is 2. The van der Waals surface area contributed by atoms with Crippen molar-refractivity contribution < 1.29 is 4.79 Å². The Labute approximate surface area is 163 Å². The molecule has 0 radical (unpaired) electrons. The molecule has 0 fully saturated rings. The van der Waals surface area contributed by atoms with E-state index in [0.717, 1.165) is 22.4 Å². The number of benzene rings is 3. The summed E-state index contributed by atoms with van der Waals surface area (Å²) in [6.45, 7) is 3.68. The van der Waals surface area contributed by atoms with Crippen molar-refractivity contribution in [2.24, 2.45) is 0 Å². The van der Waals surface area contributed by atoms with Gasteiger partial charge in [0.2, 0.25) is 0 Å². The van der Waals surface area contributed by atoms with E-state index in [2.05, 4.69) is 5.10 Å². The molecule has 1 N–H and O–H groups in total. The highest BCUT2D eigenvalue weighted by atomic mass is 16.2. The molecule has 0 amide bonds. The number of aromatic nitrogens is 2. The van der Waals surface area contributed by atoms with Crippen LogP contribution in [0.3, 0.4) is 0 Å². The zero-order chi connectivity index (χ0) is 19.7. The molecule has 1 aromatic heterocycles. The monoisotopic (exact) mass is 368 g/mol. The van der Waals surface area contributed by atoms with E-state index in [1.807, 2.05) is 73.7 Å². The lowest BCUT2D eigenvalue weighted by atomic mass is 10.00. The Hall–Kier alpha value is -3.66. The molecule has 138 valence electrons. The van der Waals surface area contributed by atoms with Crippen LogP contribution < -0.4 is 5.56 Å². The number of rotatable bonds is 4. The summed E-state index contributed by atoms with van der Waals surface area (Å²) in [6, 6.07) is 24.9. The smallest absolute Gasteiger partial charge is 0.282 e. The number of hydrogen-bond donors (Lipinski definition) is 1. The first-order chi connectivity index (χ1) is 13.6. The summed E-state index contributed by atoms with van der Waals surface area (Å²) in [5.41, 5.74) is 4.72. The molecule has 0 saturated carbocycles. The molecule has 0 bridgehead atoms. The van der Waals surface area contributed by atoms with Crippen LogP contribution >= 0.6 is 0 Å². The molecule has 4 nitrogen and oxygen atoms in total. The molecule has 1 heterocycles. The molecule has 0 aliphatic heterocycles. The van der Waals surface area contributed by atoms with Crippen molar-refractivity contribution in [2.75, 3.05) is 0 Å². The third-order valence-corrected chi connectivity index (χ3v) is 4.91. The van der Waals surface area contributed by atoms with Crippen LogP contribution in [0, 0.1) is 13.8 Å². The van der Waals surface area contributed by atoms with Gasteiger partial charge in [0, 0.05) is 11.3 Å². The predicted octanol–water partition coefficient (Wildman–Crippen LogP) is 4.68. The second-order valence-electron chi connectivity index (χ2n) is 6.81. The van der Waals surface area contributed by atoms with Crippen molar-refractivity contribution in [1.82, 2.24) is 9.78 Å². The summed E-state index contributed by atoms with van der Waals surface area (Å²) in [5.74, 6) is -0.273. The molecule has 0 saturated heterocycles. The number of para-hydroxylation sites is 1. The first-order valence-electron chi connectivity index (χ1n) is 9.14. The quantitative estimate of drug-likeness (QED) is 0.532. The number of aromatic amines is 1. The molecule has 0 spiro atoms. The summed E-state index contributed by atoms with van der Waals surface area (Å²) < 4.78 is 1.44. The van der Waals surface area contributed by atoms with E-state index in [0.29, 0.717) is 11.3 Å². The Morgan fingerprint density at radius 2 is 1.39 bits per heavy atom. The summed E-state index contributed by atoms with van der Waals surface area (Å²) >= 11 is 0. The highest BCUT2D eigenvalue weighted by Gasteiger charge is 2.21. The Morgan fingerprint density at radius 3 is 2.07 bits per heavy atom. The third kappa shape index (κ3) is 3.09. The maximum Gasteiger partial charge on any atom is 0.282 e. The minimum atomic E-state index is -0.330. The second-order valence-corrected chi connectivity index (χ2v) is 6.81. The number of aryl methyl sites for hydroxylation is 2. The van der Waals surface area contributed by atoms with E-state index >= 15 is 0 Å². The topological polar surface area (TPSA) is 54.9 Å². The van der Waals surface area contributed by atoms with E-state index in [-0.39, 0.29) is 16.9 Å². The van der Waals surface area contributed by atoms with Gasteiger partial charge in [0.05, 0.1) is 5.69 Å². The number of nitrogens with zero attached hydrogens (tertiary/aromatic N) is 1. The molecular weight excluding hydrogens is 348 g/mol. The van der Waals surface area contributed by atoms with Crippen LogP contribution in [0.5, 0.6) is 0 Å². The minimum absolute atomic E-state index is 0.177. The van der Waals surface area contributed by atoms with E-state index in [9.17, 15) is 9.59 Å². The van der Waals surface area contributed by atoms with Crippen LogP contribution in [0.25, 0.3) is 16.8 Å². The molecule has 4 rings (SSSR count). The maximum absolute atomic E-state index is 13.0. The largest absolute Gasteiger partial charge is 0.295 e. The van der Waals surface area contributed by atoms with Crippen molar-refractivity contribution in [3.8, 4) is 16.8 Å². The summed E-state index contributed by atoms with van der Waals surface area (Å²) in [4.78, 5) is 26.0. The number of H-pyrrole nitrogens is 1. The molecule has 4 heteroatoms. The van der Waals surface area contributed by atoms with E-state index < -0.39 is 0 Å². The average Bonchev–Trinajstić information content (AvgIpc) is 3.02. The van der Waals surface area contributed by atoms with Gasteiger partial charge in [0.25, 0.3) is 5.56 Å². The lowest BCUT2D eigenvalue weighted by molar-refractivity contribution is 0.103. The molecular formula is C24H20N2O2. The van der Waals surface area contributed by atoms with Gasteiger partial charge in [0.15, 0.2) is 5.78 Å². The van der Waals surface area contributed by atoms with Crippen molar-refractivity contribution >= 4 is 5.78 Å². The molecule has 0 aliphatic rings. The lowest BCUT2D eigenvalue weighted by Crippen LogP contribution is -2.21. The van der Waals surface area contributed by atoms with Gasteiger partial charge in [-0.05, 0) is 36.6 Å². The van der Waals surface area contributed by atoms with Gasteiger partial charge in [-0.25, -0.2) is 4.68 Å². The van der Waals surface area contributed by atoms with Crippen molar-refractivity contribution in [3.05, 3.63) is 112 Å². The van der Waals surface area contributed by atoms with Crippen LogP contribution in [0.15, 0.2) is 83.7 Å². The fourth-order valence-electron chi connectivity index (χ4n) is 3.39. The zero-order valence-corrected chi connectivity index (χ0v) is 15.8. The zero-order valence-electron chi connectivity index (χ0n) is 15.8. The molecule has 0 aliphatic carbocycles. The first kappa shape index (κ1) is 17.7. The maximum atomic E-state index is 13.0. The standard InChI is InChI=1S/C24H20N2O2/c1-16-8-6-7-11-21(16)26-24(28)22(17(2)25-26)23(27)20-14-12-19(13-15-20)18-9-4-3-5-10-18/h3-15,25H,1-2H3. The fraction of sp³-hybridized carbons (Fsp3) is 0.0833. The van der Waals surface area contributed by atoms with Gasteiger partial charge in [-0.2, -0.15) is 0 Å². The summed E-state index contributed by atoms with van der Waals surface area (Å²) in [5, 5.41) is 3.04. The molecule has 0 unspecified atom stereocenters. The Balaban J connectivity index is 1.71. The normalized spacial score (nSPS) is 10.8. The number of carbonyl (C=O) groups is 1. The van der Waals surface area contributed by atoms with Crippen LogP contribution in [0.4, 0.5) is 0 Å². The molecule has 4 aromatic rings. The Bertz CT molecular complexity index is 1200. The second kappa shape index (κ2) is 7.16. The molecule has 0 atom stereocenters. The summed E-state index contributed by atoms with van der Waals surface area (Å²) in [6.07, 6.45) is 0. The SMILES string of the molecule is Cc1ccccc1-n1[nH]c(C)c(C(=O)c2ccc(-c3ccccc3)cc2)c1=O. The van der Waals surface area contributed by atoms with Gasteiger partial charge in [-0.1, -0.05) is 72.8 Å². The van der Waals surface area contributed by atoms with Gasteiger partial charge in [0.1, 0.15) is 5.56 Å². The number of nitrogens with one attached hydrogen (secondary N) is 1.